The van der Waals surface area contributed by atoms with Crippen LogP contribution in [0.25, 0.3) is 10.9 Å². The number of H-pyrrole nitrogens is 1. The van der Waals surface area contributed by atoms with E-state index in [1.807, 2.05) is 0 Å². The number of fused-ring (bicyclic) bond motifs is 1. The minimum absolute atomic E-state index is 0.0306. The molecule has 10 nitrogen and oxygen atoms in total. The number of amides is 3. The van der Waals surface area contributed by atoms with E-state index in [0.717, 1.165) is 6.07 Å². The van der Waals surface area contributed by atoms with Crippen LogP contribution in [0.1, 0.15) is 28.9 Å². The molecule has 0 spiro atoms. The van der Waals surface area contributed by atoms with Crippen LogP contribution in [0, 0.1) is 40.8 Å². The molecule has 0 bridgehead atoms. The second-order valence-electron chi connectivity index (χ2n) is 11.2. The first-order chi connectivity index (χ1) is 23.4. The molecular weight excluding hydrogens is 662 g/mol. The first-order valence-corrected chi connectivity index (χ1v) is 14.8. The number of nitrogens with one attached hydrogen (secondary N) is 4. The zero-order valence-electron chi connectivity index (χ0n) is 25.6. The van der Waals surface area contributed by atoms with Gasteiger partial charge in [-0.1, -0.05) is 18.2 Å². The van der Waals surface area contributed by atoms with Gasteiger partial charge in [0.1, 0.15) is 29.9 Å². The number of ether oxygens (including phenoxy) is 2. The summed E-state index contributed by atoms with van der Waals surface area (Å²) in [6, 6.07) is 8.67. The number of carbonyl (C=O) groups is 4. The third-order valence-electron chi connectivity index (χ3n) is 7.96. The number of benzene rings is 3. The maximum atomic E-state index is 14.2. The molecular formula is C33H28F6N4O6. The number of hydrogen-bond donors (Lipinski definition) is 4. The maximum absolute atomic E-state index is 14.2. The summed E-state index contributed by atoms with van der Waals surface area (Å²) in [5.74, 6) is -17.6. The molecule has 1 aromatic heterocycles. The predicted molar refractivity (Wildman–Crippen MR) is 161 cm³/mol. The zero-order chi connectivity index (χ0) is 35.4. The smallest absolute Gasteiger partial charge is 0.268 e. The molecule has 3 aromatic carbocycles. The van der Waals surface area contributed by atoms with E-state index in [4.69, 9.17) is 9.47 Å². The van der Waals surface area contributed by atoms with Crippen LogP contribution in [0.3, 0.4) is 0 Å². The van der Waals surface area contributed by atoms with Crippen molar-refractivity contribution < 1.29 is 55.0 Å². The van der Waals surface area contributed by atoms with Crippen LogP contribution in [0.5, 0.6) is 11.5 Å². The van der Waals surface area contributed by atoms with E-state index < -0.39 is 88.8 Å². The SMILES string of the molecule is COc1cccc2[nH]c(C(=O)N[C@@H](Cc3cccc(F)c3)C(=O)N[C@@H](C[C@@H]3CCNC3=O)C(=O)COc3c(F)c(F)c(F)c(F)c3F)cc12. The third-order valence-corrected chi connectivity index (χ3v) is 7.96. The molecule has 258 valence electrons. The Hall–Kier alpha value is -5.54. The van der Waals surface area contributed by atoms with Gasteiger partial charge in [-0.05, 0) is 48.7 Å². The Morgan fingerprint density at radius 3 is 2.24 bits per heavy atom. The number of aromatic amines is 1. The highest BCUT2D eigenvalue weighted by Gasteiger charge is 2.35. The van der Waals surface area contributed by atoms with E-state index in [0.29, 0.717) is 16.7 Å². The summed E-state index contributed by atoms with van der Waals surface area (Å²) >= 11 is 0. The van der Waals surface area contributed by atoms with Gasteiger partial charge in [0.15, 0.2) is 11.5 Å². The van der Waals surface area contributed by atoms with E-state index in [2.05, 4.69) is 20.9 Å². The third kappa shape index (κ3) is 7.63. The molecule has 0 saturated carbocycles. The first kappa shape index (κ1) is 34.8. The van der Waals surface area contributed by atoms with Gasteiger partial charge in [0.2, 0.25) is 40.9 Å². The van der Waals surface area contributed by atoms with Gasteiger partial charge in [-0.2, -0.15) is 8.78 Å². The summed E-state index contributed by atoms with van der Waals surface area (Å²) in [6.07, 6.45) is -0.353. The lowest BCUT2D eigenvalue weighted by Crippen LogP contribution is -2.53. The maximum Gasteiger partial charge on any atom is 0.268 e. The Bertz CT molecular complexity index is 1910. The molecule has 49 heavy (non-hydrogen) atoms. The molecule has 0 aliphatic carbocycles. The summed E-state index contributed by atoms with van der Waals surface area (Å²) in [5.41, 5.74) is 0.861. The molecule has 0 unspecified atom stereocenters. The topological polar surface area (TPSA) is 139 Å². The number of hydrogen-bond acceptors (Lipinski definition) is 6. The van der Waals surface area contributed by atoms with Gasteiger partial charge in [-0.15, -0.1) is 0 Å². The summed E-state index contributed by atoms with van der Waals surface area (Å²) in [6.45, 7) is -1.01. The second-order valence-corrected chi connectivity index (χ2v) is 11.2. The summed E-state index contributed by atoms with van der Waals surface area (Å²) in [5, 5.41) is 8.10. The van der Waals surface area contributed by atoms with Gasteiger partial charge >= 0.3 is 0 Å². The molecule has 1 aliphatic heterocycles. The van der Waals surface area contributed by atoms with Crippen molar-refractivity contribution in [2.45, 2.75) is 31.3 Å². The van der Waals surface area contributed by atoms with Crippen molar-refractivity contribution in [3.63, 3.8) is 0 Å². The fourth-order valence-electron chi connectivity index (χ4n) is 5.43. The molecule has 3 atom stereocenters. The lowest BCUT2D eigenvalue weighted by molar-refractivity contribution is -0.131. The lowest BCUT2D eigenvalue weighted by Gasteiger charge is -2.24. The largest absolute Gasteiger partial charge is 0.496 e. The number of aromatic nitrogens is 1. The van der Waals surface area contributed by atoms with E-state index in [9.17, 15) is 45.5 Å². The zero-order valence-corrected chi connectivity index (χ0v) is 25.6. The van der Waals surface area contributed by atoms with Crippen LogP contribution in [0.4, 0.5) is 26.3 Å². The van der Waals surface area contributed by atoms with Crippen molar-refractivity contribution in [1.82, 2.24) is 20.9 Å². The molecule has 4 aromatic rings. The highest BCUT2D eigenvalue weighted by molar-refractivity contribution is 6.02. The van der Waals surface area contributed by atoms with E-state index >= 15 is 0 Å². The Morgan fingerprint density at radius 2 is 1.59 bits per heavy atom. The number of methoxy groups -OCH3 is 1. The normalized spacial score (nSPS) is 15.4. The summed E-state index contributed by atoms with van der Waals surface area (Å²) in [7, 11) is 1.45. The Labute approximate surface area is 274 Å². The molecule has 1 aliphatic rings. The van der Waals surface area contributed by atoms with Gasteiger partial charge in [0, 0.05) is 29.8 Å². The number of rotatable bonds is 13. The van der Waals surface area contributed by atoms with Crippen molar-refractivity contribution in [3.05, 3.63) is 94.7 Å². The lowest BCUT2D eigenvalue weighted by atomic mass is 9.95. The van der Waals surface area contributed by atoms with Crippen LogP contribution < -0.4 is 25.4 Å². The minimum Gasteiger partial charge on any atom is -0.496 e. The van der Waals surface area contributed by atoms with Crippen LogP contribution in [0.2, 0.25) is 0 Å². The van der Waals surface area contributed by atoms with Crippen LogP contribution in [-0.4, -0.2) is 60.8 Å². The predicted octanol–water partition coefficient (Wildman–Crippen LogP) is 4.01. The number of carbonyl (C=O) groups excluding carboxylic acids is 4. The monoisotopic (exact) mass is 690 g/mol. The Balaban J connectivity index is 1.40. The molecule has 4 N–H and O–H groups in total. The average Bonchev–Trinajstić information content (AvgIpc) is 3.71. The van der Waals surface area contributed by atoms with Crippen molar-refractivity contribution >= 4 is 34.4 Å². The van der Waals surface area contributed by atoms with Crippen LogP contribution in [0.15, 0.2) is 48.5 Å². The fourth-order valence-corrected chi connectivity index (χ4v) is 5.43. The van der Waals surface area contributed by atoms with Gasteiger partial charge in [0.25, 0.3) is 5.91 Å². The molecule has 16 heteroatoms. The van der Waals surface area contributed by atoms with Gasteiger partial charge < -0.3 is 30.4 Å². The summed E-state index contributed by atoms with van der Waals surface area (Å²) in [4.78, 5) is 55.7. The Morgan fingerprint density at radius 1 is 0.898 bits per heavy atom. The van der Waals surface area contributed by atoms with Crippen molar-refractivity contribution in [2.75, 3.05) is 20.3 Å². The van der Waals surface area contributed by atoms with Crippen molar-refractivity contribution in [1.29, 1.82) is 0 Å². The minimum atomic E-state index is -2.43. The van der Waals surface area contributed by atoms with E-state index in [1.165, 1.54) is 31.4 Å². The number of Topliss-reactive ketones (excluding diaryl/α,β-unsaturated/α-hetero) is 1. The first-order valence-electron chi connectivity index (χ1n) is 14.8. The van der Waals surface area contributed by atoms with Gasteiger partial charge in [-0.3, -0.25) is 19.2 Å². The fraction of sp³-hybridized carbons (Fsp3) is 0.273. The standard InChI is InChI=1S/C33H28F6N4O6/c1-48-24-7-3-6-19-18(24)13-22(41-19)33(47)43-21(11-15-4-2-5-17(34)10-15)32(46)42-20(12-16-8-9-40-31(16)45)23(44)14-49-30-28(38)26(36)25(35)27(37)29(30)39/h2-7,10,13,16,20-21,41H,8-9,11-12,14H2,1H3,(H,40,45)(H,42,46)(H,43,47)/t16-,20-,21-/m0/s1. The van der Waals surface area contributed by atoms with E-state index in [1.54, 1.807) is 18.2 Å². The molecule has 0 radical (unpaired) electrons. The van der Waals surface area contributed by atoms with E-state index in [-0.39, 0.29) is 37.1 Å². The van der Waals surface area contributed by atoms with Crippen molar-refractivity contribution in [3.8, 4) is 11.5 Å². The highest BCUT2D eigenvalue weighted by atomic mass is 19.2. The number of halogens is 6. The van der Waals surface area contributed by atoms with Crippen LogP contribution >= 0.6 is 0 Å². The average molecular weight is 691 g/mol. The number of ketones is 1. The molecule has 3 amide bonds. The Kier molecular flexibility index (Phi) is 10.4. The van der Waals surface area contributed by atoms with Gasteiger partial charge in [-0.25, -0.2) is 17.6 Å². The summed E-state index contributed by atoms with van der Waals surface area (Å²) < 4.78 is 93.4. The second kappa shape index (κ2) is 14.7. The molecule has 2 heterocycles. The molecule has 1 saturated heterocycles. The van der Waals surface area contributed by atoms with Gasteiger partial charge in [0.05, 0.1) is 13.2 Å². The quantitative estimate of drug-likeness (QED) is 0.0951. The van der Waals surface area contributed by atoms with Crippen LogP contribution in [-0.2, 0) is 20.8 Å². The van der Waals surface area contributed by atoms with Crippen molar-refractivity contribution in [2.24, 2.45) is 5.92 Å². The highest BCUT2D eigenvalue weighted by Crippen LogP contribution is 2.30. The molecule has 5 rings (SSSR count). The molecule has 1 fully saturated rings.